The summed E-state index contributed by atoms with van der Waals surface area (Å²) in [6.45, 7) is 1.96. The maximum absolute atomic E-state index is 12.6. The molecule has 1 N–H and O–H groups in total. The minimum absolute atomic E-state index is 0.114. The number of sulfonamides is 1. The van der Waals surface area contributed by atoms with Gasteiger partial charge in [0.05, 0.1) is 17.7 Å². The van der Waals surface area contributed by atoms with E-state index < -0.39 is 10.0 Å². The number of hydrogen-bond donors (Lipinski definition) is 1. The van der Waals surface area contributed by atoms with E-state index in [1.165, 1.54) is 19.2 Å². The quantitative estimate of drug-likeness (QED) is 0.875. The number of anilines is 2. The van der Waals surface area contributed by atoms with Gasteiger partial charge in [-0.3, -0.25) is 4.72 Å². The molecule has 1 aliphatic heterocycles. The number of ether oxygens (including phenoxy) is 1. The van der Waals surface area contributed by atoms with Gasteiger partial charge in [0.2, 0.25) is 0 Å². The van der Waals surface area contributed by atoms with Crippen molar-refractivity contribution in [1.29, 1.82) is 0 Å². The van der Waals surface area contributed by atoms with Gasteiger partial charge in [0.25, 0.3) is 10.0 Å². The van der Waals surface area contributed by atoms with E-state index in [2.05, 4.69) is 9.62 Å². The Bertz CT molecular complexity index is 833. The van der Waals surface area contributed by atoms with Crippen molar-refractivity contribution in [3.63, 3.8) is 0 Å². The van der Waals surface area contributed by atoms with Crippen molar-refractivity contribution in [2.24, 2.45) is 0 Å². The highest BCUT2D eigenvalue weighted by Crippen LogP contribution is 2.33. The zero-order valence-corrected chi connectivity index (χ0v) is 14.9. The molecular weight excluding hydrogens is 348 g/mol. The molecule has 3 rings (SSSR count). The first-order chi connectivity index (χ1) is 11.5. The minimum atomic E-state index is -3.74. The van der Waals surface area contributed by atoms with Crippen molar-refractivity contribution >= 4 is 33.0 Å². The van der Waals surface area contributed by atoms with Crippen LogP contribution in [0.1, 0.15) is 12.8 Å². The van der Waals surface area contributed by atoms with Crippen molar-refractivity contribution in [1.82, 2.24) is 0 Å². The van der Waals surface area contributed by atoms with E-state index in [0.717, 1.165) is 31.6 Å². The number of methoxy groups -OCH3 is 1. The van der Waals surface area contributed by atoms with Gasteiger partial charge in [-0.25, -0.2) is 8.42 Å². The fourth-order valence-corrected chi connectivity index (χ4v) is 4.15. The second kappa shape index (κ2) is 6.91. The van der Waals surface area contributed by atoms with E-state index >= 15 is 0 Å². The molecule has 2 aromatic carbocycles. The monoisotopic (exact) mass is 366 g/mol. The predicted octanol–water partition coefficient (Wildman–Crippen LogP) is 3.75. The fourth-order valence-electron chi connectivity index (χ4n) is 2.79. The van der Waals surface area contributed by atoms with Gasteiger partial charge in [-0.05, 0) is 49.2 Å². The molecular formula is C17H19ClN2O3S. The van der Waals surface area contributed by atoms with Gasteiger partial charge in [0.15, 0.2) is 0 Å². The van der Waals surface area contributed by atoms with Gasteiger partial charge in [-0.15, -0.1) is 0 Å². The minimum Gasteiger partial charge on any atom is -0.495 e. The van der Waals surface area contributed by atoms with E-state index in [1.54, 1.807) is 18.2 Å². The van der Waals surface area contributed by atoms with E-state index in [4.69, 9.17) is 16.3 Å². The normalized spacial score (nSPS) is 14.7. The van der Waals surface area contributed by atoms with Crippen molar-refractivity contribution in [2.45, 2.75) is 17.7 Å². The summed E-state index contributed by atoms with van der Waals surface area (Å²) < 4.78 is 33.1. The molecule has 24 heavy (non-hydrogen) atoms. The zero-order chi connectivity index (χ0) is 17.2. The average molecular weight is 367 g/mol. The summed E-state index contributed by atoms with van der Waals surface area (Å²) in [5.74, 6) is 0.476. The second-order valence-corrected chi connectivity index (χ2v) is 7.76. The molecule has 0 radical (unpaired) electrons. The van der Waals surface area contributed by atoms with Crippen molar-refractivity contribution in [3.05, 3.63) is 47.5 Å². The molecule has 0 bridgehead atoms. The highest BCUT2D eigenvalue weighted by atomic mass is 35.5. The Morgan fingerprint density at radius 3 is 2.54 bits per heavy atom. The van der Waals surface area contributed by atoms with Crippen LogP contribution in [-0.4, -0.2) is 28.6 Å². The largest absolute Gasteiger partial charge is 0.495 e. The van der Waals surface area contributed by atoms with Gasteiger partial charge < -0.3 is 9.64 Å². The summed E-state index contributed by atoms with van der Waals surface area (Å²) in [5.41, 5.74) is 1.40. The Morgan fingerprint density at radius 2 is 1.88 bits per heavy atom. The highest BCUT2D eigenvalue weighted by Gasteiger charge is 2.19. The van der Waals surface area contributed by atoms with Crippen LogP contribution in [0.25, 0.3) is 0 Å². The molecule has 2 aromatic rings. The summed E-state index contributed by atoms with van der Waals surface area (Å²) in [5, 5.41) is 0.371. The molecule has 0 aromatic heterocycles. The summed E-state index contributed by atoms with van der Waals surface area (Å²) in [6.07, 6.45) is 2.30. The van der Waals surface area contributed by atoms with E-state index in [9.17, 15) is 8.42 Å². The number of nitrogens with one attached hydrogen (secondary N) is 1. The van der Waals surface area contributed by atoms with Crippen LogP contribution in [0.4, 0.5) is 11.4 Å². The van der Waals surface area contributed by atoms with Crippen LogP contribution in [-0.2, 0) is 10.0 Å². The second-order valence-electron chi connectivity index (χ2n) is 5.64. The van der Waals surface area contributed by atoms with Gasteiger partial charge in [0, 0.05) is 23.8 Å². The first-order valence-corrected chi connectivity index (χ1v) is 9.57. The summed E-state index contributed by atoms with van der Waals surface area (Å²) in [4.78, 5) is 2.35. The third-order valence-corrected chi connectivity index (χ3v) is 5.60. The Kier molecular flexibility index (Phi) is 4.87. The van der Waals surface area contributed by atoms with Gasteiger partial charge in [-0.2, -0.15) is 0 Å². The summed E-state index contributed by atoms with van der Waals surface area (Å²) in [6, 6.07) is 11.7. The number of halogens is 1. The smallest absolute Gasteiger partial charge is 0.262 e. The lowest BCUT2D eigenvalue weighted by atomic mass is 10.2. The Morgan fingerprint density at radius 1 is 1.12 bits per heavy atom. The topological polar surface area (TPSA) is 58.6 Å². The van der Waals surface area contributed by atoms with E-state index in [0.29, 0.717) is 16.5 Å². The van der Waals surface area contributed by atoms with E-state index in [1.807, 2.05) is 12.1 Å². The number of benzene rings is 2. The van der Waals surface area contributed by atoms with Gasteiger partial charge >= 0.3 is 0 Å². The lowest BCUT2D eigenvalue weighted by molar-refractivity contribution is 0.417. The van der Waals surface area contributed by atoms with Crippen LogP contribution in [0, 0.1) is 0 Å². The lowest BCUT2D eigenvalue weighted by Gasteiger charge is -2.20. The predicted molar refractivity (Wildman–Crippen MR) is 96.7 cm³/mol. The zero-order valence-electron chi connectivity index (χ0n) is 13.3. The maximum Gasteiger partial charge on any atom is 0.262 e. The fraction of sp³-hybridized carbons (Fsp3) is 0.294. The van der Waals surface area contributed by atoms with Crippen LogP contribution < -0.4 is 14.4 Å². The number of nitrogens with zero attached hydrogens (tertiary/aromatic N) is 1. The van der Waals surface area contributed by atoms with Crippen LogP contribution in [0.15, 0.2) is 47.4 Å². The first kappa shape index (κ1) is 16.9. The average Bonchev–Trinajstić information content (AvgIpc) is 3.09. The van der Waals surface area contributed by atoms with Crippen LogP contribution in [0.5, 0.6) is 5.75 Å². The molecule has 0 atom stereocenters. The molecule has 0 saturated carbocycles. The standard InChI is InChI=1S/C17H19ClN2O3S/c1-23-17-8-7-14(20-9-2-3-10-20)12-16(17)19-24(21,22)15-6-4-5-13(18)11-15/h4-8,11-12,19H,2-3,9-10H2,1H3. The SMILES string of the molecule is COc1ccc(N2CCCC2)cc1NS(=O)(=O)c1cccc(Cl)c1. The maximum atomic E-state index is 12.6. The molecule has 128 valence electrons. The molecule has 5 nitrogen and oxygen atoms in total. The molecule has 7 heteroatoms. The van der Waals surface area contributed by atoms with E-state index in [-0.39, 0.29) is 4.90 Å². The first-order valence-electron chi connectivity index (χ1n) is 7.71. The third-order valence-electron chi connectivity index (χ3n) is 4.00. The molecule has 1 saturated heterocycles. The lowest BCUT2D eigenvalue weighted by Crippen LogP contribution is -2.18. The van der Waals surface area contributed by atoms with Crippen molar-refractivity contribution < 1.29 is 13.2 Å². The van der Waals surface area contributed by atoms with Crippen LogP contribution in [0.2, 0.25) is 5.02 Å². The molecule has 0 unspecified atom stereocenters. The van der Waals surface area contributed by atoms with Crippen LogP contribution in [0.3, 0.4) is 0 Å². The molecule has 0 amide bonds. The van der Waals surface area contributed by atoms with Gasteiger partial charge in [0.1, 0.15) is 5.75 Å². The molecule has 1 aliphatic rings. The highest BCUT2D eigenvalue weighted by molar-refractivity contribution is 7.92. The molecule has 1 heterocycles. The van der Waals surface area contributed by atoms with Crippen molar-refractivity contribution in [2.75, 3.05) is 29.8 Å². The summed E-state index contributed by atoms with van der Waals surface area (Å²) in [7, 11) is -2.23. The summed E-state index contributed by atoms with van der Waals surface area (Å²) >= 11 is 5.90. The van der Waals surface area contributed by atoms with Crippen LogP contribution >= 0.6 is 11.6 Å². The number of rotatable bonds is 5. The Balaban J connectivity index is 1.94. The molecule has 1 fully saturated rings. The number of hydrogen-bond acceptors (Lipinski definition) is 4. The molecule has 0 aliphatic carbocycles. The van der Waals surface area contributed by atoms with Gasteiger partial charge in [-0.1, -0.05) is 17.7 Å². The molecule has 0 spiro atoms. The Labute approximate surface area is 147 Å². The van der Waals surface area contributed by atoms with Crippen molar-refractivity contribution in [3.8, 4) is 5.75 Å². The third kappa shape index (κ3) is 3.60. The Hall–Kier alpha value is -1.92.